The predicted molar refractivity (Wildman–Crippen MR) is 57.1 cm³/mol. The second-order valence-electron chi connectivity index (χ2n) is 2.52. The van der Waals surface area contributed by atoms with Gasteiger partial charge in [-0.05, 0) is 40.8 Å². The maximum Gasteiger partial charge on any atom is 0.387 e. The number of halogens is 3. The maximum absolute atomic E-state index is 11.9. The van der Waals surface area contributed by atoms with Gasteiger partial charge in [-0.1, -0.05) is 0 Å². The predicted octanol–water partition coefficient (Wildman–Crippen LogP) is 2.68. The zero-order valence-electron chi connectivity index (χ0n) is 7.67. The molecule has 15 heavy (non-hydrogen) atoms. The first kappa shape index (κ1) is 12.2. The lowest BCUT2D eigenvalue weighted by molar-refractivity contribution is -0.0504. The lowest BCUT2D eigenvalue weighted by atomic mass is 10.2. The largest absolute Gasteiger partial charge is 0.465 e. The molecule has 1 aromatic carbocycles. The molecule has 0 N–H and O–H groups in total. The summed E-state index contributed by atoms with van der Waals surface area (Å²) in [5.41, 5.74) is 0.295. The normalized spacial score (nSPS) is 10.2. The highest BCUT2D eigenvalue weighted by Crippen LogP contribution is 2.23. The first-order valence-corrected chi connectivity index (χ1v) is 4.95. The van der Waals surface area contributed by atoms with Crippen LogP contribution in [-0.2, 0) is 4.74 Å². The van der Waals surface area contributed by atoms with E-state index in [0.717, 1.165) is 0 Å². The molecule has 0 spiro atoms. The molecule has 3 nitrogen and oxygen atoms in total. The van der Waals surface area contributed by atoms with Gasteiger partial charge in [0.25, 0.3) is 0 Å². The van der Waals surface area contributed by atoms with E-state index in [2.05, 4.69) is 9.47 Å². The van der Waals surface area contributed by atoms with Gasteiger partial charge in [0.2, 0.25) is 0 Å². The zero-order valence-corrected chi connectivity index (χ0v) is 9.83. The Morgan fingerprint density at radius 2 is 2.13 bits per heavy atom. The highest BCUT2D eigenvalue weighted by Gasteiger charge is 2.11. The third-order valence-electron chi connectivity index (χ3n) is 1.57. The van der Waals surface area contributed by atoms with Gasteiger partial charge < -0.3 is 9.47 Å². The molecule has 6 heteroatoms. The molecule has 0 heterocycles. The molecule has 0 radical (unpaired) electrons. The average molecular weight is 328 g/mol. The van der Waals surface area contributed by atoms with Crippen molar-refractivity contribution in [3.63, 3.8) is 0 Å². The van der Waals surface area contributed by atoms with Crippen molar-refractivity contribution in [1.29, 1.82) is 0 Å². The molecule has 0 saturated carbocycles. The summed E-state index contributed by atoms with van der Waals surface area (Å²) in [6, 6.07) is 4.09. The molecule has 82 valence electrons. The minimum absolute atomic E-state index is 0.0400. The summed E-state index contributed by atoms with van der Waals surface area (Å²) < 4.78 is 32.9. The topological polar surface area (TPSA) is 35.5 Å². The van der Waals surface area contributed by atoms with E-state index in [-0.39, 0.29) is 5.75 Å². The van der Waals surface area contributed by atoms with Crippen LogP contribution in [0.5, 0.6) is 5.75 Å². The SMILES string of the molecule is COC(=O)c1ccc(OC(F)F)c(I)c1. The van der Waals surface area contributed by atoms with Crippen LogP contribution in [0.2, 0.25) is 0 Å². The van der Waals surface area contributed by atoms with Gasteiger partial charge in [0.05, 0.1) is 16.2 Å². The van der Waals surface area contributed by atoms with Gasteiger partial charge in [-0.15, -0.1) is 0 Å². The standard InChI is InChI=1S/C9H7F2IO3/c1-14-8(13)5-2-3-7(6(12)4-5)15-9(10)11/h2-4,9H,1H3. The molecule has 0 amide bonds. The summed E-state index contributed by atoms with van der Waals surface area (Å²) in [6.45, 7) is -2.87. The number of hydrogen-bond acceptors (Lipinski definition) is 3. The van der Waals surface area contributed by atoms with Crippen LogP contribution in [0.15, 0.2) is 18.2 Å². The monoisotopic (exact) mass is 328 g/mol. The number of hydrogen-bond donors (Lipinski definition) is 0. The molecule has 1 aromatic rings. The van der Waals surface area contributed by atoms with Gasteiger partial charge in [-0.3, -0.25) is 0 Å². The first-order chi connectivity index (χ1) is 7.04. The highest BCUT2D eigenvalue weighted by molar-refractivity contribution is 14.1. The molecular weight excluding hydrogens is 321 g/mol. The lowest BCUT2D eigenvalue weighted by Gasteiger charge is -2.07. The minimum Gasteiger partial charge on any atom is -0.465 e. The van der Waals surface area contributed by atoms with Crippen molar-refractivity contribution in [3.05, 3.63) is 27.3 Å². The minimum atomic E-state index is -2.87. The molecule has 0 bridgehead atoms. The van der Waals surface area contributed by atoms with E-state index in [9.17, 15) is 13.6 Å². The number of benzene rings is 1. The second kappa shape index (κ2) is 5.24. The Hall–Kier alpha value is -0.920. The van der Waals surface area contributed by atoms with Gasteiger partial charge in [0.15, 0.2) is 0 Å². The van der Waals surface area contributed by atoms with Gasteiger partial charge in [-0.2, -0.15) is 8.78 Å². The van der Waals surface area contributed by atoms with Gasteiger partial charge >= 0.3 is 12.6 Å². The van der Waals surface area contributed by atoms with Crippen molar-refractivity contribution in [2.24, 2.45) is 0 Å². The number of carbonyl (C=O) groups is 1. The third-order valence-corrected chi connectivity index (χ3v) is 2.41. The van der Waals surface area contributed by atoms with Crippen molar-refractivity contribution < 1.29 is 23.0 Å². The molecule has 0 aromatic heterocycles. The van der Waals surface area contributed by atoms with Gasteiger partial charge in [0, 0.05) is 0 Å². The first-order valence-electron chi connectivity index (χ1n) is 3.87. The smallest absolute Gasteiger partial charge is 0.387 e. The number of ether oxygens (including phenoxy) is 2. The van der Waals surface area contributed by atoms with Crippen molar-refractivity contribution in [2.75, 3.05) is 7.11 Å². The summed E-state index contributed by atoms with van der Waals surface area (Å²) in [7, 11) is 1.25. The van der Waals surface area contributed by atoms with Crippen LogP contribution in [0.1, 0.15) is 10.4 Å². The number of alkyl halides is 2. The van der Waals surface area contributed by atoms with Crippen molar-refractivity contribution in [1.82, 2.24) is 0 Å². The van der Waals surface area contributed by atoms with Crippen LogP contribution >= 0.6 is 22.6 Å². The van der Waals surface area contributed by atoms with Crippen LogP contribution in [-0.4, -0.2) is 19.7 Å². The highest BCUT2D eigenvalue weighted by atomic mass is 127. The molecule has 0 fully saturated rings. The van der Waals surface area contributed by atoms with Crippen LogP contribution in [0.4, 0.5) is 8.78 Å². The Morgan fingerprint density at radius 3 is 2.60 bits per heavy atom. The molecule has 0 aliphatic rings. The summed E-state index contributed by atoms with van der Waals surface area (Å²) in [5, 5.41) is 0. The fourth-order valence-corrected chi connectivity index (χ4v) is 1.58. The summed E-state index contributed by atoms with van der Waals surface area (Å²) in [5.74, 6) is -0.477. The maximum atomic E-state index is 11.9. The molecule has 1 rings (SSSR count). The molecule has 0 aliphatic heterocycles. The Labute approximate surface area is 98.5 Å². The van der Waals surface area contributed by atoms with Crippen molar-refractivity contribution in [2.45, 2.75) is 6.61 Å². The molecule has 0 atom stereocenters. The fraction of sp³-hybridized carbons (Fsp3) is 0.222. The molecular formula is C9H7F2IO3. The van der Waals surface area contributed by atoms with E-state index in [4.69, 9.17) is 0 Å². The Kier molecular flexibility index (Phi) is 4.25. The average Bonchev–Trinajstić information content (AvgIpc) is 2.19. The van der Waals surface area contributed by atoms with Gasteiger partial charge in [-0.25, -0.2) is 4.79 Å². The summed E-state index contributed by atoms with van der Waals surface area (Å²) in [6.07, 6.45) is 0. The summed E-state index contributed by atoms with van der Waals surface area (Å²) in [4.78, 5) is 11.1. The number of esters is 1. The second-order valence-corrected chi connectivity index (χ2v) is 3.68. The number of rotatable bonds is 3. The van der Waals surface area contributed by atoms with E-state index in [1.54, 1.807) is 22.6 Å². The van der Waals surface area contributed by atoms with Crippen molar-refractivity contribution in [3.8, 4) is 5.75 Å². The van der Waals surface area contributed by atoms with E-state index < -0.39 is 12.6 Å². The molecule has 0 aliphatic carbocycles. The Balaban J connectivity index is 2.93. The fourth-order valence-electron chi connectivity index (χ4n) is 0.937. The van der Waals surface area contributed by atoms with Crippen LogP contribution in [0, 0.1) is 3.57 Å². The van der Waals surface area contributed by atoms with E-state index >= 15 is 0 Å². The van der Waals surface area contributed by atoms with E-state index in [1.165, 1.54) is 25.3 Å². The van der Waals surface area contributed by atoms with Crippen molar-refractivity contribution >= 4 is 28.6 Å². The number of carbonyl (C=O) groups excluding carboxylic acids is 1. The number of methoxy groups -OCH3 is 1. The van der Waals surface area contributed by atoms with Crippen LogP contribution in [0.25, 0.3) is 0 Å². The summed E-state index contributed by atoms with van der Waals surface area (Å²) >= 11 is 1.80. The Bertz CT molecular complexity index is 368. The van der Waals surface area contributed by atoms with E-state index in [1.807, 2.05) is 0 Å². The third kappa shape index (κ3) is 3.29. The molecule has 0 saturated heterocycles. The molecule has 0 unspecified atom stereocenters. The van der Waals surface area contributed by atoms with E-state index in [0.29, 0.717) is 9.13 Å². The van der Waals surface area contributed by atoms with Crippen LogP contribution < -0.4 is 4.74 Å². The Morgan fingerprint density at radius 1 is 1.47 bits per heavy atom. The van der Waals surface area contributed by atoms with Gasteiger partial charge in [0.1, 0.15) is 5.75 Å². The van der Waals surface area contributed by atoms with Crippen LogP contribution in [0.3, 0.4) is 0 Å². The lowest BCUT2D eigenvalue weighted by Crippen LogP contribution is -2.05. The quantitative estimate of drug-likeness (QED) is 0.632. The zero-order chi connectivity index (χ0) is 11.4.